The molecule has 32 heavy (non-hydrogen) atoms. The second-order valence-corrected chi connectivity index (χ2v) is 8.15. The number of rotatable bonds is 6. The van der Waals surface area contributed by atoms with Gasteiger partial charge >= 0.3 is 11.7 Å². The minimum atomic E-state index is -0.424. The largest absolute Gasteiger partial charge is 0.466 e. The van der Waals surface area contributed by atoms with Crippen LogP contribution >= 0.6 is 0 Å². The van der Waals surface area contributed by atoms with E-state index in [1.54, 1.807) is 31.2 Å². The summed E-state index contributed by atoms with van der Waals surface area (Å²) >= 11 is 0. The number of likely N-dealkylation sites (tertiary alicyclic amines) is 1. The Balaban J connectivity index is 1.52. The van der Waals surface area contributed by atoms with Crippen molar-refractivity contribution in [2.45, 2.75) is 25.8 Å². The molecular formula is C24H28N4O4. The first kappa shape index (κ1) is 21.8. The standard InChI is InChI=1S/C24H28N4O4/c1-2-32-23(30)20-15-27(12-11-18(20)16-7-9-17(25)10-8-16)13-14-28-22(29)19-5-3-4-6-21(19)26-24(28)31/h3-10,18,20H,2,11-15,25H2,1H3,(H,26,31)/t18-,20-/m0/s1. The summed E-state index contributed by atoms with van der Waals surface area (Å²) in [7, 11) is 0. The number of benzene rings is 2. The number of fused-ring (bicyclic) bond motifs is 1. The highest BCUT2D eigenvalue weighted by atomic mass is 16.5. The molecular weight excluding hydrogens is 408 g/mol. The summed E-state index contributed by atoms with van der Waals surface area (Å²) in [5, 5.41) is 0.485. The number of nitrogens with zero attached hydrogens (tertiary/aromatic N) is 2. The molecule has 1 aromatic heterocycles. The van der Waals surface area contributed by atoms with Crippen LogP contribution in [0.1, 0.15) is 24.8 Å². The fourth-order valence-electron chi connectivity index (χ4n) is 4.50. The van der Waals surface area contributed by atoms with Gasteiger partial charge in [0.05, 0.1) is 23.4 Å². The zero-order valence-electron chi connectivity index (χ0n) is 18.1. The monoisotopic (exact) mass is 436 g/mol. The van der Waals surface area contributed by atoms with Gasteiger partial charge in [0.15, 0.2) is 0 Å². The normalized spacial score (nSPS) is 19.2. The van der Waals surface area contributed by atoms with Crippen LogP contribution in [0, 0.1) is 5.92 Å². The van der Waals surface area contributed by atoms with Crippen molar-refractivity contribution >= 4 is 22.6 Å². The minimum Gasteiger partial charge on any atom is -0.466 e. The van der Waals surface area contributed by atoms with Gasteiger partial charge in [-0.25, -0.2) is 4.79 Å². The number of nitrogen functional groups attached to an aromatic ring is 1. The van der Waals surface area contributed by atoms with Crippen molar-refractivity contribution < 1.29 is 9.53 Å². The molecule has 1 fully saturated rings. The van der Waals surface area contributed by atoms with E-state index in [0.29, 0.717) is 36.3 Å². The van der Waals surface area contributed by atoms with E-state index in [1.165, 1.54) is 4.57 Å². The first-order chi connectivity index (χ1) is 15.5. The number of hydrogen-bond acceptors (Lipinski definition) is 6. The number of nitrogens with two attached hydrogens (primary N) is 1. The van der Waals surface area contributed by atoms with Gasteiger partial charge in [-0.05, 0) is 55.6 Å². The molecule has 1 aliphatic heterocycles. The highest BCUT2D eigenvalue weighted by Gasteiger charge is 2.36. The second kappa shape index (κ2) is 9.40. The van der Waals surface area contributed by atoms with Crippen molar-refractivity contribution in [2.75, 3.05) is 32.0 Å². The van der Waals surface area contributed by atoms with Crippen molar-refractivity contribution in [3.63, 3.8) is 0 Å². The molecule has 2 atom stereocenters. The van der Waals surface area contributed by atoms with Gasteiger partial charge in [0, 0.05) is 25.3 Å². The van der Waals surface area contributed by atoms with E-state index in [-0.39, 0.29) is 29.9 Å². The topological polar surface area (TPSA) is 110 Å². The molecule has 2 heterocycles. The first-order valence-corrected chi connectivity index (χ1v) is 10.9. The number of piperidine rings is 1. The zero-order chi connectivity index (χ0) is 22.7. The summed E-state index contributed by atoms with van der Waals surface area (Å²) in [6.45, 7) is 4.13. The summed E-state index contributed by atoms with van der Waals surface area (Å²) < 4.78 is 6.58. The fraction of sp³-hybridized carbons (Fsp3) is 0.375. The number of hydrogen-bond donors (Lipinski definition) is 2. The van der Waals surface area contributed by atoms with Gasteiger partial charge in [0.1, 0.15) is 0 Å². The van der Waals surface area contributed by atoms with Crippen LogP contribution in [0.5, 0.6) is 0 Å². The number of anilines is 1. The highest BCUT2D eigenvalue weighted by Crippen LogP contribution is 2.34. The molecule has 1 saturated heterocycles. The Morgan fingerprint density at radius 2 is 1.88 bits per heavy atom. The molecule has 2 aromatic carbocycles. The molecule has 3 N–H and O–H groups in total. The Labute approximate surface area is 185 Å². The number of esters is 1. The molecule has 0 radical (unpaired) electrons. The van der Waals surface area contributed by atoms with E-state index >= 15 is 0 Å². The summed E-state index contributed by atoms with van der Waals surface area (Å²) in [5.74, 6) is -0.503. The predicted octanol–water partition coefficient (Wildman–Crippen LogP) is 1.94. The summed E-state index contributed by atoms with van der Waals surface area (Å²) in [6, 6.07) is 14.6. The van der Waals surface area contributed by atoms with Gasteiger partial charge in [-0.15, -0.1) is 0 Å². The van der Waals surface area contributed by atoms with Gasteiger partial charge in [-0.2, -0.15) is 0 Å². The van der Waals surface area contributed by atoms with E-state index in [0.717, 1.165) is 18.5 Å². The van der Waals surface area contributed by atoms with Gasteiger partial charge in [0.25, 0.3) is 5.56 Å². The summed E-state index contributed by atoms with van der Waals surface area (Å²) in [6.07, 6.45) is 0.774. The van der Waals surface area contributed by atoms with Crippen LogP contribution in [0.15, 0.2) is 58.1 Å². The number of H-pyrrole nitrogens is 1. The van der Waals surface area contributed by atoms with Gasteiger partial charge < -0.3 is 20.4 Å². The second-order valence-electron chi connectivity index (χ2n) is 8.15. The maximum absolute atomic E-state index is 12.8. The SMILES string of the molecule is CCOC(=O)[C@H]1CN(CCn2c(=O)[nH]c3ccccc3c2=O)CC[C@H]1c1ccc(N)cc1. The zero-order valence-corrected chi connectivity index (χ0v) is 18.1. The van der Waals surface area contributed by atoms with Crippen molar-refractivity contribution in [2.24, 2.45) is 5.92 Å². The third-order valence-corrected chi connectivity index (χ3v) is 6.18. The highest BCUT2D eigenvalue weighted by molar-refractivity contribution is 5.77. The number of carbonyl (C=O) groups excluding carboxylic acids is 1. The molecule has 8 heteroatoms. The molecule has 0 bridgehead atoms. The lowest BCUT2D eigenvalue weighted by atomic mass is 9.80. The molecule has 3 aromatic rings. The van der Waals surface area contributed by atoms with Crippen LogP contribution in [0.2, 0.25) is 0 Å². The third-order valence-electron chi connectivity index (χ3n) is 6.18. The Morgan fingerprint density at radius 3 is 2.62 bits per heavy atom. The van der Waals surface area contributed by atoms with Crippen molar-refractivity contribution in [1.82, 2.24) is 14.5 Å². The first-order valence-electron chi connectivity index (χ1n) is 10.9. The number of aromatic amines is 1. The molecule has 0 amide bonds. The van der Waals surface area contributed by atoms with E-state index in [4.69, 9.17) is 10.5 Å². The molecule has 8 nitrogen and oxygen atoms in total. The molecule has 0 saturated carbocycles. The third kappa shape index (κ3) is 4.45. The van der Waals surface area contributed by atoms with Crippen molar-refractivity contribution in [3.8, 4) is 0 Å². The van der Waals surface area contributed by atoms with Crippen molar-refractivity contribution in [3.05, 3.63) is 74.9 Å². The molecule has 0 unspecified atom stereocenters. The Kier molecular flexibility index (Phi) is 6.41. The van der Waals surface area contributed by atoms with Crippen LogP contribution in [-0.4, -0.2) is 46.7 Å². The van der Waals surface area contributed by atoms with Crippen LogP contribution in [0.4, 0.5) is 5.69 Å². The molecule has 0 spiro atoms. The average molecular weight is 437 g/mol. The Morgan fingerprint density at radius 1 is 1.12 bits per heavy atom. The van der Waals surface area contributed by atoms with E-state index in [9.17, 15) is 14.4 Å². The molecule has 0 aliphatic carbocycles. The maximum atomic E-state index is 12.8. The minimum absolute atomic E-state index is 0.0395. The lowest BCUT2D eigenvalue weighted by molar-refractivity contribution is -0.150. The number of carbonyl (C=O) groups is 1. The van der Waals surface area contributed by atoms with E-state index in [1.807, 2.05) is 24.3 Å². The van der Waals surface area contributed by atoms with Gasteiger partial charge in [-0.3, -0.25) is 14.2 Å². The molecule has 1 aliphatic rings. The summed E-state index contributed by atoms with van der Waals surface area (Å²) in [5.41, 5.74) is 7.38. The van der Waals surface area contributed by atoms with Crippen LogP contribution in [0.25, 0.3) is 10.9 Å². The number of nitrogens with one attached hydrogen (secondary N) is 1. The molecule has 4 rings (SSSR count). The number of ether oxygens (including phenoxy) is 1. The lowest BCUT2D eigenvalue weighted by Crippen LogP contribution is -2.46. The lowest BCUT2D eigenvalue weighted by Gasteiger charge is -2.37. The quantitative estimate of drug-likeness (QED) is 0.451. The van der Waals surface area contributed by atoms with Crippen LogP contribution in [0.3, 0.4) is 0 Å². The van der Waals surface area contributed by atoms with E-state index in [2.05, 4.69) is 9.88 Å². The summed E-state index contributed by atoms with van der Waals surface area (Å²) in [4.78, 5) is 42.9. The fourth-order valence-corrected chi connectivity index (χ4v) is 4.50. The van der Waals surface area contributed by atoms with Crippen LogP contribution in [-0.2, 0) is 16.1 Å². The number of para-hydroxylation sites is 1. The van der Waals surface area contributed by atoms with Crippen molar-refractivity contribution in [1.29, 1.82) is 0 Å². The Bertz CT molecular complexity index is 1220. The number of aromatic nitrogens is 2. The van der Waals surface area contributed by atoms with E-state index < -0.39 is 5.69 Å². The van der Waals surface area contributed by atoms with Crippen LogP contribution < -0.4 is 17.0 Å². The van der Waals surface area contributed by atoms with Gasteiger partial charge in [0.2, 0.25) is 0 Å². The maximum Gasteiger partial charge on any atom is 0.328 e. The average Bonchev–Trinajstić information content (AvgIpc) is 2.79. The Hall–Kier alpha value is -3.39. The van der Waals surface area contributed by atoms with Gasteiger partial charge in [-0.1, -0.05) is 24.3 Å². The predicted molar refractivity (Wildman–Crippen MR) is 124 cm³/mol. The smallest absolute Gasteiger partial charge is 0.328 e. The molecule has 168 valence electrons.